The first-order valence-electron chi connectivity index (χ1n) is 5.89. The second-order valence-corrected chi connectivity index (χ2v) is 6.61. The van der Waals surface area contributed by atoms with E-state index in [4.69, 9.17) is 16.7 Å². The van der Waals surface area contributed by atoms with Gasteiger partial charge < -0.3 is 5.11 Å². The van der Waals surface area contributed by atoms with Gasteiger partial charge in [0.15, 0.2) is 0 Å². The smallest absolute Gasteiger partial charge is 0.318 e. The second kappa shape index (κ2) is 7.01. The van der Waals surface area contributed by atoms with Crippen molar-refractivity contribution in [2.45, 2.75) is 19.1 Å². The Bertz CT molecular complexity index is 591. The standard InChI is InChI=1S/C12H15ClFNO4S/c1-2-5-15(7-12(16)17)20(18,19)8-9-3-4-10(13)11(14)6-9/h3-4,6H,2,5,7-8H2,1H3,(H,16,17). The van der Waals surface area contributed by atoms with Crippen LogP contribution in [0.1, 0.15) is 18.9 Å². The van der Waals surface area contributed by atoms with Crippen molar-refractivity contribution < 1.29 is 22.7 Å². The highest BCUT2D eigenvalue weighted by Gasteiger charge is 2.24. The van der Waals surface area contributed by atoms with Gasteiger partial charge in [0.2, 0.25) is 10.0 Å². The summed E-state index contributed by atoms with van der Waals surface area (Å²) in [5.41, 5.74) is 0.221. The summed E-state index contributed by atoms with van der Waals surface area (Å²) in [6.45, 7) is 1.24. The highest BCUT2D eigenvalue weighted by molar-refractivity contribution is 7.88. The molecule has 0 saturated heterocycles. The number of carboxylic acid groups (broad SMARTS) is 1. The van der Waals surface area contributed by atoms with Crippen LogP contribution in [0.2, 0.25) is 5.02 Å². The number of rotatable bonds is 7. The average Bonchev–Trinajstić information content (AvgIpc) is 2.32. The molecule has 0 saturated carbocycles. The predicted molar refractivity (Wildman–Crippen MR) is 73.5 cm³/mol. The number of hydrogen-bond acceptors (Lipinski definition) is 3. The zero-order valence-corrected chi connectivity index (χ0v) is 12.4. The molecule has 1 aromatic carbocycles. The third-order valence-electron chi connectivity index (χ3n) is 2.51. The molecule has 112 valence electrons. The molecule has 0 radical (unpaired) electrons. The quantitative estimate of drug-likeness (QED) is 0.834. The van der Waals surface area contributed by atoms with Gasteiger partial charge in [-0.15, -0.1) is 0 Å². The van der Waals surface area contributed by atoms with Crippen LogP contribution in [-0.2, 0) is 20.6 Å². The van der Waals surface area contributed by atoms with Crippen molar-refractivity contribution in [2.24, 2.45) is 0 Å². The van der Waals surface area contributed by atoms with Gasteiger partial charge in [-0.2, -0.15) is 4.31 Å². The van der Waals surface area contributed by atoms with E-state index in [-0.39, 0.29) is 17.1 Å². The summed E-state index contributed by atoms with van der Waals surface area (Å²) >= 11 is 5.52. The van der Waals surface area contributed by atoms with Crippen molar-refractivity contribution in [3.05, 3.63) is 34.6 Å². The molecule has 0 aliphatic carbocycles. The molecule has 0 aliphatic rings. The lowest BCUT2D eigenvalue weighted by Crippen LogP contribution is -2.37. The van der Waals surface area contributed by atoms with Crippen molar-refractivity contribution in [2.75, 3.05) is 13.1 Å². The molecule has 0 spiro atoms. The van der Waals surface area contributed by atoms with E-state index in [1.54, 1.807) is 6.92 Å². The van der Waals surface area contributed by atoms with Gasteiger partial charge in [0, 0.05) is 6.54 Å². The van der Waals surface area contributed by atoms with Crippen LogP contribution in [0.3, 0.4) is 0 Å². The van der Waals surface area contributed by atoms with Gasteiger partial charge in [0.05, 0.1) is 10.8 Å². The summed E-state index contributed by atoms with van der Waals surface area (Å²) in [5, 5.41) is 8.64. The van der Waals surface area contributed by atoms with Crippen LogP contribution in [-0.4, -0.2) is 36.9 Å². The zero-order chi connectivity index (χ0) is 15.3. The molecule has 5 nitrogen and oxygen atoms in total. The minimum atomic E-state index is -3.82. The molecule has 0 unspecified atom stereocenters. The maximum atomic E-state index is 13.3. The van der Waals surface area contributed by atoms with E-state index in [9.17, 15) is 17.6 Å². The van der Waals surface area contributed by atoms with E-state index in [0.717, 1.165) is 10.4 Å². The van der Waals surface area contributed by atoms with E-state index in [2.05, 4.69) is 0 Å². The Morgan fingerprint density at radius 2 is 2.10 bits per heavy atom. The number of nitrogens with zero attached hydrogens (tertiary/aromatic N) is 1. The number of aliphatic carboxylic acids is 1. The van der Waals surface area contributed by atoms with Crippen LogP contribution in [0, 0.1) is 5.82 Å². The van der Waals surface area contributed by atoms with E-state index in [0.29, 0.717) is 6.42 Å². The Morgan fingerprint density at radius 1 is 1.45 bits per heavy atom. The number of sulfonamides is 1. The lowest BCUT2D eigenvalue weighted by Gasteiger charge is -2.19. The number of carbonyl (C=O) groups is 1. The SMILES string of the molecule is CCCN(CC(=O)O)S(=O)(=O)Cc1ccc(Cl)c(F)c1. The van der Waals surface area contributed by atoms with Gasteiger partial charge in [-0.25, -0.2) is 12.8 Å². The van der Waals surface area contributed by atoms with Crippen LogP contribution in [0.15, 0.2) is 18.2 Å². The predicted octanol–water partition coefficient (Wildman–Crippen LogP) is 2.11. The number of carboxylic acids is 1. The molecule has 20 heavy (non-hydrogen) atoms. The normalized spacial score (nSPS) is 11.8. The fourth-order valence-electron chi connectivity index (χ4n) is 1.65. The van der Waals surface area contributed by atoms with Gasteiger partial charge in [-0.05, 0) is 24.1 Å². The monoisotopic (exact) mass is 323 g/mol. The highest BCUT2D eigenvalue weighted by atomic mass is 35.5. The van der Waals surface area contributed by atoms with Gasteiger partial charge in [0.1, 0.15) is 12.4 Å². The minimum Gasteiger partial charge on any atom is -0.480 e. The molecule has 1 N–H and O–H groups in total. The summed E-state index contributed by atoms with van der Waals surface area (Å²) < 4.78 is 38.4. The molecule has 1 rings (SSSR count). The molecule has 0 aromatic heterocycles. The molecule has 1 aromatic rings. The lowest BCUT2D eigenvalue weighted by atomic mass is 10.2. The molecule has 0 atom stereocenters. The largest absolute Gasteiger partial charge is 0.480 e. The summed E-state index contributed by atoms with van der Waals surface area (Å²) in [4.78, 5) is 10.7. The molecule has 0 fully saturated rings. The number of hydrogen-bond donors (Lipinski definition) is 1. The molecule has 0 bridgehead atoms. The molecular formula is C12H15ClFNO4S. The highest BCUT2D eigenvalue weighted by Crippen LogP contribution is 2.18. The summed E-state index contributed by atoms with van der Waals surface area (Å²) in [7, 11) is -3.82. The van der Waals surface area contributed by atoms with Crippen LogP contribution >= 0.6 is 11.6 Å². The van der Waals surface area contributed by atoms with E-state index in [1.165, 1.54) is 12.1 Å². The maximum Gasteiger partial charge on any atom is 0.318 e. The van der Waals surface area contributed by atoms with Gasteiger partial charge >= 0.3 is 5.97 Å². The Balaban J connectivity index is 2.95. The Labute approximate surface area is 122 Å². The summed E-state index contributed by atoms with van der Waals surface area (Å²) in [6, 6.07) is 3.70. The van der Waals surface area contributed by atoms with Crippen molar-refractivity contribution in [3.8, 4) is 0 Å². The van der Waals surface area contributed by atoms with Crippen molar-refractivity contribution in [3.63, 3.8) is 0 Å². The van der Waals surface area contributed by atoms with Crippen molar-refractivity contribution in [1.82, 2.24) is 4.31 Å². The Kier molecular flexibility index (Phi) is 5.91. The first kappa shape index (κ1) is 16.9. The van der Waals surface area contributed by atoms with Crippen LogP contribution < -0.4 is 0 Å². The minimum absolute atomic E-state index is 0.0953. The molecule has 8 heteroatoms. The topological polar surface area (TPSA) is 74.7 Å². The molecular weight excluding hydrogens is 309 g/mol. The first-order valence-corrected chi connectivity index (χ1v) is 7.88. The zero-order valence-electron chi connectivity index (χ0n) is 10.8. The van der Waals surface area contributed by atoms with Gasteiger partial charge in [0.25, 0.3) is 0 Å². The van der Waals surface area contributed by atoms with Crippen molar-refractivity contribution in [1.29, 1.82) is 0 Å². The average molecular weight is 324 g/mol. The molecule has 0 aliphatic heterocycles. The lowest BCUT2D eigenvalue weighted by molar-refractivity contribution is -0.137. The number of halogens is 2. The maximum absolute atomic E-state index is 13.3. The Hall–Kier alpha value is -1.18. The van der Waals surface area contributed by atoms with E-state index < -0.39 is 34.1 Å². The Morgan fingerprint density at radius 3 is 2.60 bits per heavy atom. The van der Waals surface area contributed by atoms with Gasteiger partial charge in [-0.3, -0.25) is 4.79 Å². The molecule has 0 amide bonds. The first-order chi connectivity index (χ1) is 9.26. The number of benzene rings is 1. The summed E-state index contributed by atoms with van der Waals surface area (Å²) in [5.74, 6) is -2.40. The fourth-order valence-corrected chi connectivity index (χ4v) is 3.32. The van der Waals surface area contributed by atoms with Crippen LogP contribution in [0.4, 0.5) is 4.39 Å². The van der Waals surface area contributed by atoms with Crippen LogP contribution in [0.5, 0.6) is 0 Å². The third kappa shape index (κ3) is 4.73. The van der Waals surface area contributed by atoms with Crippen molar-refractivity contribution >= 4 is 27.6 Å². The van der Waals surface area contributed by atoms with Gasteiger partial charge in [-0.1, -0.05) is 24.6 Å². The summed E-state index contributed by atoms with van der Waals surface area (Å²) in [6.07, 6.45) is 0.488. The van der Waals surface area contributed by atoms with E-state index in [1.807, 2.05) is 0 Å². The second-order valence-electron chi connectivity index (χ2n) is 4.23. The molecule has 0 heterocycles. The van der Waals surface area contributed by atoms with E-state index >= 15 is 0 Å². The third-order valence-corrected chi connectivity index (χ3v) is 4.61. The fraction of sp³-hybridized carbons (Fsp3) is 0.417. The van der Waals surface area contributed by atoms with Crippen LogP contribution in [0.25, 0.3) is 0 Å².